The summed E-state index contributed by atoms with van der Waals surface area (Å²) in [4.78, 5) is 13.9. The van der Waals surface area contributed by atoms with Gasteiger partial charge in [-0.1, -0.05) is 6.07 Å². The zero-order valence-corrected chi connectivity index (χ0v) is 18.1. The Hall–Kier alpha value is -2.93. The minimum atomic E-state index is 0.0270. The fraction of sp³-hybridized carbons (Fsp3) is 0.435. The lowest BCUT2D eigenvalue weighted by Gasteiger charge is -2.23. The number of hydrogen-bond donors (Lipinski definition) is 2. The number of nitrogens with one attached hydrogen (secondary N) is 2. The topological polar surface area (TPSA) is 70.5 Å². The van der Waals surface area contributed by atoms with Crippen LogP contribution < -0.4 is 29.2 Å². The van der Waals surface area contributed by atoms with E-state index in [9.17, 15) is 4.79 Å². The molecule has 0 aromatic heterocycles. The van der Waals surface area contributed by atoms with E-state index in [0.29, 0.717) is 24.6 Å². The van der Waals surface area contributed by atoms with Crippen molar-refractivity contribution < 1.29 is 28.6 Å². The summed E-state index contributed by atoms with van der Waals surface area (Å²) >= 11 is 0. The largest absolute Gasteiger partial charge is 0.497 e. The van der Waals surface area contributed by atoms with E-state index in [-0.39, 0.29) is 11.9 Å². The fourth-order valence-electron chi connectivity index (χ4n) is 4.06. The van der Waals surface area contributed by atoms with Crippen molar-refractivity contribution in [3.8, 4) is 23.0 Å². The van der Waals surface area contributed by atoms with Gasteiger partial charge in [-0.3, -0.25) is 4.79 Å². The van der Waals surface area contributed by atoms with Crippen molar-refractivity contribution in [2.75, 3.05) is 41.5 Å². The molecule has 0 aliphatic carbocycles. The Balaban J connectivity index is 1.62. The maximum Gasteiger partial charge on any atom is 0.275 e. The van der Waals surface area contributed by atoms with Crippen molar-refractivity contribution in [1.29, 1.82) is 0 Å². The molecule has 3 rings (SSSR count). The monoisotopic (exact) mass is 415 g/mol. The second-order valence-electron chi connectivity index (χ2n) is 7.35. The lowest BCUT2D eigenvalue weighted by Crippen LogP contribution is -3.11. The number of likely N-dealkylation sites (tertiary alicyclic amines) is 1. The third-order valence-electron chi connectivity index (χ3n) is 5.62. The highest BCUT2D eigenvalue weighted by Gasteiger charge is 2.33. The van der Waals surface area contributed by atoms with Gasteiger partial charge in [0.1, 0.15) is 17.5 Å². The van der Waals surface area contributed by atoms with Crippen molar-refractivity contribution in [3.63, 3.8) is 0 Å². The molecule has 7 nitrogen and oxygen atoms in total. The lowest BCUT2D eigenvalue weighted by molar-refractivity contribution is -0.910. The Bertz CT molecular complexity index is 871. The van der Waals surface area contributed by atoms with Crippen LogP contribution in [-0.4, -0.2) is 47.4 Å². The Labute approximate surface area is 177 Å². The van der Waals surface area contributed by atoms with Crippen molar-refractivity contribution in [2.24, 2.45) is 0 Å². The quantitative estimate of drug-likeness (QED) is 0.653. The van der Waals surface area contributed by atoms with Crippen LogP contribution in [0.4, 0.5) is 0 Å². The molecule has 162 valence electrons. The van der Waals surface area contributed by atoms with Crippen LogP contribution in [0.25, 0.3) is 0 Å². The van der Waals surface area contributed by atoms with Gasteiger partial charge in [-0.05, 0) is 29.8 Å². The molecule has 0 radical (unpaired) electrons. The zero-order chi connectivity index (χ0) is 21.5. The van der Waals surface area contributed by atoms with Crippen LogP contribution in [-0.2, 0) is 11.3 Å². The van der Waals surface area contributed by atoms with Crippen LogP contribution in [0.3, 0.4) is 0 Å². The summed E-state index contributed by atoms with van der Waals surface area (Å²) in [5.74, 6) is 2.93. The van der Waals surface area contributed by atoms with Gasteiger partial charge in [0, 0.05) is 25.5 Å². The van der Waals surface area contributed by atoms with Gasteiger partial charge in [-0.25, -0.2) is 0 Å². The molecule has 0 bridgehead atoms. The molecule has 7 heteroatoms. The number of amides is 1. The Morgan fingerprint density at radius 2 is 1.73 bits per heavy atom. The van der Waals surface area contributed by atoms with E-state index >= 15 is 0 Å². The number of ether oxygens (including phenoxy) is 4. The third-order valence-corrected chi connectivity index (χ3v) is 5.62. The van der Waals surface area contributed by atoms with E-state index in [1.807, 2.05) is 30.3 Å². The highest BCUT2D eigenvalue weighted by Crippen LogP contribution is 2.31. The summed E-state index contributed by atoms with van der Waals surface area (Å²) in [5, 5.41) is 3.03. The van der Waals surface area contributed by atoms with Gasteiger partial charge in [-0.15, -0.1) is 0 Å². The lowest BCUT2D eigenvalue weighted by atomic mass is 10.0. The van der Waals surface area contributed by atoms with E-state index < -0.39 is 0 Å². The number of hydrogen-bond acceptors (Lipinski definition) is 5. The van der Waals surface area contributed by atoms with Gasteiger partial charge >= 0.3 is 0 Å². The first-order valence-electron chi connectivity index (χ1n) is 10.1. The first-order chi connectivity index (χ1) is 14.6. The van der Waals surface area contributed by atoms with E-state index in [1.165, 1.54) is 4.90 Å². The Morgan fingerprint density at radius 3 is 2.43 bits per heavy atom. The molecule has 1 aliphatic heterocycles. The molecule has 1 amide bonds. The third kappa shape index (κ3) is 4.97. The zero-order valence-electron chi connectivity index (χ0n) is 18.1. The predicted octanol–water partition coefficient (Wildman–Crippen LogP) is 1.76. The number of carbonyl (C=O) groups is 1. The van der Waals surface area contributed by atoms with E-state index in [0.717, 1.165) is 42.0 Å². The average Bonchev–Trinajstić information content (AvgIpc) is 3.24. The summed E-state index contributed by atoms with van der Waals surface area (Å²) in [6, 6.07) is 11.8. The first-order valence-corrected chi connectivity index (χ1v) is 10.1. The second-order valence-corrected chi connectivity index (χ2v) is 7.35. The summed E-state index contributed by atoms with van der Waals surface area (Å²) < 4.78 is 21.5. The molecule has 1 saturated heterocycles. The van der Waals surface area contributed by atoms with Crippen LogP contribution in [0, 0.1) is 0 Å². The molecule has 2 atom stereocenters. The number of benzene rings is 2. The molecular formula is C23H31N2O5+. The van der Waals surface area contributed by atoms with Crippen LogP contribution in [0.5, 0.6) is 23.0 Å². The highest BCUT2D eigenvalue weighted by atomic mass is 16.5. The molecule has 2 N–H and O–H groups in total. The number of rotatable bonds is 9. The Kier molecular flexibility index (Phi) is 7.41. The minimum Gasteiger partial charge on any atom is -0.497 e. The minimum absolute atomic E-state index is 0.0270. The van der Waals surface area contributed by atoms with Crippen molar-refractivity contribution >= 4 is 5.91 Å². The fourth-order valence-corrected chi connectivity index (χ4v) is 4.06. The standard InChI is InChI=1S/C23H30N2O5/c1-27-17-8-9-18(21(13-17)29-3)19-6-5-11-25(19)15-23(26)24-14-16-7-10-20(28-2)22(12-16)30-4/h7-10,12-13,19H,5-6,11,14-15H2,1-4H3,(H,24,26)/p+1/t19-/m1/s1. The summed E-state index contributed by atoms with van der Waals surface area (Å²) in [6.45, 7) is 1.83. The molecule has 1 aliphatic rings. The summed E-state index contributed by atoms with van der Waals surface area (Å²) in [6.07, 6.45) is 2.11. The van der Waals surface area contributed by atoms with Gasteiger partial charge in [-0.2, -0.15) is 0 Å². The molecule has 0 saturated carbocycles. The average molecular weight is 416 g/mol. The van der Waals surface area contributed by atoms with Crippen molar-refractivity contribution in [2.45, 2.75) is 25.4 Å². The molecule has 1 fully saturated rings. The maximum absolute atomic E-state index is 12.6. The van der Waals surface area contributed by atoms with Gasteiger partial charge in [0.25, 0.3) is 5.91 Å². The number of quaternary nitrogens is 1. The van der Waals surface area contributed by atoms with E-state index in [2.05, 4.69) is 11.4 Å². The van der Waals surface area contributed by atoms with Gasteiger partial charge in [0.05, 0.1) is 40.5 Å². The Morgan fingerprint density at radius 1 is 0.967 bits per heavy atom. The molecular weight excluding hydrogens is 384 g/mol. The molecule has 30 heavy (non-hydrogen) atoms. The molecule has 1 unspecified atom stereocenters. The van der Waals surface area contributed by atoms with Crippen LogP contribution >= 0.6 is 0 Å². The summed E-state index contributed by atoms with van der Waals surface area (Å²) in [7, 11) is 6.52. The number of carbonyl (C=O) groups excluding carboxylic acids is 1. The van der Waals surface area contributed by atoms with Crippen molar-refractivity contribution in [1.82, 2.24) is 5.32 Å². The normalized spacial score (nSPS) is 18.0. The second kappa shape index (κ2) is 10.2. The number of methoxy groups -OCH3 is 4. The SMILES string of the molecule is COc1ccc([C@H]2CCC[NH+]2CC(=O)NCc2ccc(OC)c(OC)c2)c(OC)c1. The van der Waals surface area contributed by atoms with Gasteiger partial charge < -0.3 is 29.2 Å². The molecule has 0 spiro atoms. The molecule has 2 aromatic rings. The van der Waals surface area contributed by atoms with Crippen molar-refractivity contribution in [3.05, 3.63) is 47.5 Å². The first kappa shape index (κ1) is 21.8. The van der Waals surface area contributed by atoms with Gasteiger partial charge in [0.15, 0.2) is 18.0 Å². The van der Waals surface area contributed by atoms with Crippen LogP contribution in [0.2, 0.25) is 0 Å². The van der Waals surface area contributed by atoms with E-state index in [4.69, 9.17) is 18.9 Å². The van der Waals surface area contributed by atoms with Crippen LogP contribution in [0.15, 0.2) is 36.4 Å². The highest BCUT2D eigenvalue weighted by molar-refractivity contribution is 5.76. The van der Waals surface area contributed by atoms with E-state index in [1.54, 1.807) is 28.4 Å². The van der Waals surface area contributed by atoms with Gasteiger partial charge in [0.2, 0.25) is 0 Å². The predicted molar refractivity (Wildman–Crippen MR) is 114 cm³/mol. The maximum atomic E-state index is 12.6. The smallest absolute Gasteiger partial charge is 0.275 e. The van der Waals surface area contributed by atoms with Crippen LogP contribution in [0.1, 0.15) is 30.0 Å². The summed E-state index contributed by atoms with van der Waals surface area (Å²) in [5.41, 5.74) is 2.09. The molecule has 1 heterocycles. The molecule has 2 aromatic carbocycles.